The van der Waals surface area contributed by atoms with E-state index in [0.717, 1.165) is 19.0 Å². The molecule has 1 saturated carbocycles. The molecule has 2 nitrogen and oxygen atoms in total. The van der Waals surface area contributed by atoms with Crippen molar-refractivity contribution >= 4 is 0 Å². The molecule has 0 aromatic carbocycles. The first-order valence-corrected chi connectivity index (χ1v) is 4.78. The summed E-state index contributed by atoms with van der Waals surface area (Å²) in [6.45, 7) is 0. The highest BCUT2D eigenvalue weighted by Crippen LogP contribution is 2.42. The van der Waals surface area contributed by atoms with Gasteiger partial charge in [0.05, 0.1) is 0 Å². The van der Waals surface area contributed by atoms with E-state index in [2.05, 4.69) is 4.98 Å². The van der Waals surface area contributed by atoms with Crippen molar-refractivity contribution in [2.45, 2.75) is 25.1 Å². The number of nitrogens with zero attached hydrogens (tertiary/aromatic N) is 1. The zero-order valence-electron chi connectivity index (χ0n) is 7.96. The summed E-state index contributed by atoms with van der Waals surface area (Å²) in [7, 11) is 0. The third-order valence-corrected chi connectivity index (χ3v) is 2.60. The van der Waals surface area contributed by atoms with Gasteiger partial charge in [-0.3, -0.25) is 4.98 Å². The molecule has 1 aromatic heterocycles. The van der Waals surface area contributed by atoms with E-state index >= 15 is 0 Å². The van der Waals surface area contributed by atoms with Crippen molar-refractivity contribution in [2.24, 2.45) is 11.7 Å². The Morgan fingerprint density at radius 2 is 2.07 bits per heavy atom. The molecule has 0 saturated heterocycles. The van der Waals surface area contributed by atoms with Crippen LogP contribution < -0.4 is 5.73 Å². The number of nitrogens with two attached hydrogens (primary N) is 1. The van der Waals surface area contributed by atoms with E-state index in [-0.39, 0.29) is 11.5 Å². The summed E-state index contributed by atoms with van der Waals surface area (Å²) in [6.07, 6.45) is -1.45. The summed E-state index contributed by atoms with van der Waals surface area (Å²) in [5.41, 5.74) is 5.03. The maximum absolute atomic E-state index is 12.6. The molecule has 0 aliphatic heterocycles. The summed E-state index contributed by atoms with van der Waals surface area (Å²) in [4.78, 5) is 3.38. The van der Waals surface area contributed by atoms with E-state index in [4.69, 9.17) is 5.73 Å². The Bertz CT molecular complexity index is 358. The minimum Gasteiger partial charge on any atom is -0.324 e. The van der Waals surface area contributed by atoms with Crippen LogP contribution in [0.15, 0.2) is 18.3 Å². The van der Waals surface area contributed by atoms with Crippen molar-refractivity contribution in [3.63, 3.8) is 0 Å². The number of hydrogen-bond acceptors (Lipinski definition) is 2. The van der Waals surface area contributed by atoms with E-state index < -0.39 is 17.9 Å². The van der Waals surface area contributed by atoms with E-state index in [1.54, 1.807) is 0 Å². The van der Waals surface area contributed by atoms with Crippen LogP contribution >= 0.6 is 0 Å². The molecule has 1 heterocycles. The van der Waals surface area contributed by atoms with Crippen LogP contribution in [0.5, 0.6) is 0 Å². The third-order valence-electron chi connectivity index (χ3n) is 2.60. The lowest BCUT2D eigenvalue weighted by atomic mass is 10.0. The monoisotopic (exact) mass is 216 g/mol. The second-order valence-electron chi connectivity index (χ2n) is 3.80. The van der Waals surface area contributed by atoms with E-state index in [1.807, 2.05) is 0 Å². The molecule has 1 atom stereocenters. The van der Waals surface area contributed by atoms with Gasteiger partial charge in [0.2, 0.25) is 0 Å². The van der Waals surface area contributed by atoms with Gasteiger partial charge in [0.1, 0.15) is 5.69 Å². The molecule has 0 bridgehead atoms. The molecule has 15 heavy (non-hydrogen) atoms. The van der Waals surface area contributed by atoms with Gasteiger partial charge in [-0.2, -0.15) is 13.2 Å². The number of pyridine rings is 1. The molecule has 0 radical (unpaired) electrons. The van der Waals surface area contributed by atoms with Gasteiger partial charge in [0.15, 0.2) is 0 Å². The normalized spacial score (nSPS) is 18.9. The topological polar surface area (TPSA) is 38.9 Å². The first-order valence-electron chi connectivity index (χ1n) is 4.78. The van der Waals surface area contributed by atoms with Crippen molar-refractivity contribution in [2.75, 3.05) is 0 Å². The average Bonchev–Trinajstić information content (AvgIpc) is 2.98. The van der Waals surface area contributed by atoms with Crippen molar-refractivity contribution < 1.29 is 13.2 Å². The van der Waals surface area contributed by atoms with Crippen LogP contribution in [0, 0.1) is 5.92 Å². The van der Waals surface area contributed by atoms with Crippen LogP contribution in [-0.4, -0.2) is 4.98 Å². The highest BCUT2D eigenvalue weighted by atomic mass is 19.4. The molecule has 1 aliphatic carbocycles. The van der Waals surface area contributed by atoms with Crippen LogP contribution in [0.25, 0.3) is 0 Å². The van der Waals surface area contributed by atoms with Crippen molar-refractivity contribution in [1.29, 1.82) is 0 Å². The fourth-order valence-electron chi connectivity index (χ4n) is 1.63. The van der Waals surface area contributed by atoms with Gasteiger partial charge in [-0.15, -0.1) is 0 Å². The number of rotatable bonds is 2. The second kappa shape index (κ2) is 3.48. The van der Waals surface area contributed by atoms with Crippen molar-refractivity contribution in [1.82, 2.24) is 4.98 Å². The highest BCUT2D eigenvalue weighted by molar-refractivity contribution is 5.27. The van der Waals surface area contributed by atoms with Crippen LogP contribution in [0.3, 0.4) is 0 Å². The number of alkyl halides is 3. The molecular formula is C10H11F3N2. The summed E-state index contributed by atoms with van der Waals surface area (Å²) in [6, 6.07) is 2.38. The number of halogens is 3. The Balaban J connectivity index is 2.37. The summed E-state index contributed by atoms with van der Waals surface area (Å²) < 4.78 is 37.7. The van der Waals surface area contributed by atoms with Gasteiger partial charge in [0.25, 0.3) is 0 Å². The molecule has 82 valence electrons. The zero-order valence-corrected chi connectivity index (χ0v) is 7.96. The Morgan fingerprint density at radius 1 is 1.40 bits per heavy atom. The predicted octanol–water partition coefficient (Wildman–Crippen LogP) is 2.51. The Morgan fingerprint density at radius 3 is 2.60 bits per heavy atom. The first kappa shape index (κ1) is 10.4. The van der Waals surface area contributed by atoms with Crippen LogP contribution in [0.2, 0.25) is 0 Å². The van der Waals surface area contributed by atoms with E-state index in [9.17, 15) is 13.2 Å². The molecular weight excluding hydrogens is 205 g/mol. The molecule has 1 fully saturated rings. The van der Waals surface area contributed by atoms with Crippen LogP contribution in [-0.2, 0) is 6.18 Å². The Labute approximate surface area is 85.3 Å². The lowest BCUT2D eigenvalue weighted by Crippen LogP contribution is -2.20. The van der Waals surface area contributed by atoms with Gasteiger partial charge in [0, 0.05) is 12.2 Å². The fourth-order valence-corrected chi connectivity index (χ4v) is 1.63. The standard InChI is InChI=1S/C10H11F3N2/c11-10(12,13)9-7(2-1-5-15-9)8(14)6-3-4-6/h1-2,5-6,8H,3-4,14H2/t8-/m0/s1. The first-order chi connectivity index (χ1) is 7.00. The molecule has 0 unspecified atom stereocenters. The molecule has 1 aromatic rings. The molecule has 1 aliphatic rings. The zero-order chi connectivity index (χ0) is 11.1. The second-order valence-corrected chi connectivity index (χ2v) is 3.80. The van der Waals surface area contributed by atoms with Gasteiger partial charge in [-0.25, -0.2) is 0 Å². The van der Waals surface area contributed by atoms with Crippen LogP contribution in [0.1, 0.15) is 30.1 Å². The number of aromatic nitrogens is 1. The molecule has 0 amide bonds. The molecule has 2 rings (SSSR count). The maximum Gasteiger partial charge on any atom is 0.433 e. The predicted molar refractivity (Wildman–Crippen MR) is 48.9 cm³/mol. The number of hydrogen-bond donors (Lipinski definition) is 1. The molecule has 0 spiro atoms. The Hall–Kier alpha value is -1.10. The van der Waals surface area contributed by atoms with E-state index in [0.29, 0.717) is 0 Å². The van der Waals surface area contributed by atoms with Gasteiger partial charge in [-0.1, -0.05) is 6.07 Å². The fraction of sp³-hybridized carbons (Fsp3) is 0.500. The quantitative estimate of drug-likeness (QED) is 0.824. The minimum atomic E-state index is -4.41. The van der Waals surface area contributed by atoms with Gasteiger partial charge >= 0.3 is 6.18 Å². The summed E-state index contributed by atoms with van der Waals surface area (Å²) in [5.74, 6) is 0.190. The van der Waals surface area contributed by atoms with Gasteiger partial charge in [-0.05, 0) is 30.4 Å². The highest BCUT2D eigenvalue weighted by Gasteiger charge is 2.39. The van der Waals surface area contributed by atoms with Gasteiger partial charge < -0.3 is 5.73 Å². The largest absolute Gasteiger partial charge is 0.433 e. The van der Waals surface area contributed by atoms with Crippen LogP contribution in [0.4, 0.5) is 13.2 Å². The maximum atomic E-state index is 12.6. The smallest absolute Gasteiger partial charge is 0.324 e. The van der Waals surface area contributed by atoms with Crippen molar-refractivity contribution in [3.8, 4) is 0 Å². The molecule has 2 N–H and O–H groups in total. The minimum absolute atomic E-state index is 0.118. The van der Waals surface area contributed by atoms with Crippen molar-refractivity contribution in [3.05, 3.63) is 29.6 Å². The average molecular weight is 216 g/mol. The SMILES string of the molecule is N[C@H](c1cccnc1C(F)(F)F)C1CC1. The lowest BCUT2D eigenvalue weighted by molar-refractivity contribution is -0.142. The Kier molecular flexibility index (Phi) is 2.42. The summed E-state index contributed by atoms with van der Waals surface area (Å²) >= 11 is 0. The summed E-state index contributed by atoms with van der Waals surface area (Å²) in [5, 5.41) is 0. The lowest BCUT2D eigenvalue weighted by Gasteiger charge is -2.16. The third kappa shape index (κ3) is 2.12. The molecule has 5 heteroatoms. The van der Waals surface area contributed by atoms with E-state index in [1.165, 1.54) is 12.1 Å².